The first kappa shape index (κ1) is 13.8. The molecule has 1 saturated carbocycles. The van der Waals surface area contributed by atoms with Crippen LogP contribution in [0.3, 0.4) is 0 Å². The molecule has 1 heterocycles. The van der Waals surface area contributed by atoms with Crippen molar-refractivity contribution in [2.24, 2.45) is 0 Å². The van der Waals surface area contributed by atoms with Crippen LogP contribution < -0.4 is 15.4 Å². The van der Waals surface area contributed by atoms with Gasteiger partial charge in [0.25, 0.3) is 0 Å². The first-order valence-corrected chi connectivity index (χ1v) is 7.15. The second kappa shape index (κ2) is 6.54. The zero-order valence-electron chi connectivity index (χ0n) is 11.8. The van der Waals surface area contributed by atoms with Crippen LogP contribution in [-0.2, 0) is 0 Å². The summed E-state index contributed by atoms with van der Waals surface area (Å²) in [6, 6.07) is 0.828. The van der Waals surface area contributed by atoms with Gasteiger partial charge in [-0.1, -0.05) is 19.3 Å². The fourth-order valence-corrected chi connectivity index (χ4v) is 2.64. The Morgan fingerprint density at radius 1 is 1.16 bits per heavy atom. The van der Waals surface area contributed by atoms with E-state index >= 15 is 0 Å². The van der Waals surface area contributed by atoms with Gasteiger partial charge in [0.2, 0.25) is 11.9 Å². The largest absolute Gasteiger partial charge is 0.464 e. The lowest BCUT2D eigenvalue weighted by atomic mass is 9.94. The van der Waals surface area contributed by atoms with E-state index in [0.29, 0.717) is 24.6 Å². The van der Waals surface area contributed by atoms with Gasteiger partial charge in [0.15, 0.2) is 0 Å². The van der Waals surface area contributed by atoms with Crippen LogP contribution in [0.2, 0.25) is 0 Å². The fraction of sp³-hybridized carbons (Fsp3) is 0.769. The molecule has 1 aliphatic carbocycles. The van der Waals surface area contributed by atoms with Crippen molar-refractivity contribution >= 4 is 11.9 Å². The number of ether oxygens (including phenoxy) is 1. The Labute approximate surface area is 114 Å². The van der Waals surface area contributed by atoms with Gasteiger partial charge in [0, 0.05) is 12.6 Å². The summed E-state index contributed by atoms with van der Waals surface area (Å²) in [5, 5.41) is 0. The molecule has 0 aliphatic heterocycles. The topological polar surface area (TPSA) is 77.2 Å². The molecule has 0 unspecified atom stereocenters. The van der Waals surface area contributed by atoms with Crippen molar-refractivity contribution in [3.63, 3.8) is 0 Å². The Hall–Kier alpha value is -1.59. The minimum Gasteiger partial charge on any atom is -0.464 e. The van der Waals surface area contributed by atoms with E-state index in [1.54, 1.807) is 0 Å². The van der Waals surface area contributed by atoms with Crippen LogP contribution in [0.25, 0.3) is 0 Å². The van der Waals surface area contributed by atoms with Gasteiger partial charge < -0.3 is 15.4 Å². The van der Waals surface area contributed by atoms with Crippen LogP contribution in [0.5, 0.6) is 6.01 Å². The van der Waals surface area contributed by atoms with Crippen LogP contribution in [-0.4, -0.2) is 34.1 Å². The van der Waals surface area contributed by atoms with Crippen molar-refractivity contribution < 1.29 is 4.74 Å². The average Bonchev–Trinajstić information content (AvgIpc) is 2.40. The minimum atomic E-state index is 0.225. The summed E-state index contributed by atoms with van der Waals surface area (Å²) in [7, 11) is 0. The Bertz CT molecular complexity index is 406. The molecule has 19 heavy (non-hydrogen) atoms. The molecule has 0 aromatic carbocycles. The molecular formula is C13H23N5O. The van der Waals surface area contributed by atoms with Gasteiger partial charge in [-0.3, -0.25) is 0 Å². The Balaban J connectivity index is 2.21. The average molecular weight is 265 g/mol. The molecule has 0 spiro atoms. The van der Waals surface area contributed by atoms with Crippen LogP contribution in [0, 0.1) is 0 Å². The summed E-state index contributed by atoms with van der Waals surface area (Å²) in [6.07, 6.45) is 6.28. The molecule has 6 heteroatoms. The van der Waals surface area contributed by atoms with Gasteiger partial charge in [-0.2, -0.15) is 15.0 Å². The van der Waals surface area contributed by atoms with E-state index < -0.39 is 0 Å². The zero-order valence-corrected chi connectivity index (χ0v) is 11.8. The maximum atomic E-state index is 5.74. The van der Waals surface area contributed by atoms with Gasteiger partial charge in [0.1, 0.15) is 0 Å². The third kappa shape index (κ3) is 3.45. The summed E-state index contributed by atoms with van der Waals surface area (Å²) in [5.74, 6) is 0.869. The van der Waals surface area contributed by atoms with Crippen molar-refractivity contribution in [3.8, 4) is 6.01 Å². The molecule has 1 fully saturated rings. The zero-order chi connectivity index (χ0) is 13.7. The third-order valence-corrected chi connectivity index (χ3v) is 3.51. The molecule has 1 aromatic rings. The first-order valence-electron chi connectivity index (χ1n) is 7.15. The van der Waals surface area contributed by atoms with Crippen LogP contribution in [0.4, 0.5) is 11.9 Å². The number of hydrogen-bond acceptors (Lipinski definition) is 6. The predicted octanol–water partition coefficient (Wildman–Crippen LogP) is 2.01. The van der Waals surface area contributed by atoms with E-state index in [2.05, 4.69) is 26.8 Å². The van der Waals surface area contributed by atoms with Gasteiger partial charge in [-0.05, 0) is 26.7 Å². The van der Waals surface area contributed by atoms with Crippen molar-refractivity contribution in [1.29, 1.82) is 0 Å². The van der Waals surface area contributed by atoms with Crippen LogP contribution >= 0.6 is 0 Å². The SMILES string of the molecule is CCOc1nc(N)nc(N(CC)C2CCCCC2)n1. The van der Waals surface area contributed by atoms with E-state index in [4.69, 9.17) is 10.5 Å². The fourth-order valence-electron chi connectivity index (χ4n) is 2.64. The second-order valence-electron chi connectivity index (χ2n) is 4.79. The van der Waals surface area contributed by atoms with E-state index in [0.717, 1.165) is 6.54 Å². The summed E-state index contributed by atoms with van der Waals surface area (Å²) in [4.78, 5) is 14.8. The molecule has 2 N–H and O–H groups in total. The van der Waals surface area contributed by atoms with Crippen LogP contribution in [0.15, 0.2) is 0 Å². The molecule has 6 nitrogen and oxygen atoms in total. The highest BCUT2D eigenvalue weighted by molar-refractivity contribution is 5.37. The van der Waals surface area contributed by atoms with Crippen molar-refractivity contribution in [3.05, 3.63) is 0 Å². The number of nitrogens with two attached hydrogens (primary N) is 1. The molecule has 0 saturated heterocycles. The summed E-state index contributed by atoms with van der Waals surface area (Å²) < 4.78 is 5.34. The molecular weight excluding hydrogens is 242 g/mol. The Morgan fingerprint density at radius 3 is 2.53 bits per heavy atom. The van der Waals surface area contributed by atoms with E-state index in [1.165, 1.54) is 32.1 Å². The van der Waals surface area contributed by atoms with Gasteiger partial charge in [-0.15, -0.1) is 0 Å². The molecule has 0 radical (unpaired) electrons. The highest BCUT2D eigenvalue weighted by Gasteiger charge is 2.23. The lowest BCUT2D eigenvalue weighted by Crippen LogP contribution is -2.38. The summed E-state index contributed by atoms with van der Waals surface area (Å²) in [6.45, 7) is 5.42. The quantitative estimate of drug-likeness (QED) is 0.877. The highest BCUT2D eigenvalue weighted by atomic mass is 16.5. The number of nitrogen functional groups attached to an aromatic ring is 1. The number of nitrogens with zero attached hydrogens (tertiary/aromatic N) is 4. The normalized spacial score (nSPS) is 16.3. The predicted molar refractivity (Wildman–Crippen MR) is 75.3 cm³/mol. The van der Waals surface area contributed by atoms with Gasteiger partial charge in [-0.25, -0.2) is 0 Å². The molecule has 0 bridgehead atoms. The van der Waals surface area contributed by atoms with E-state index in [1.807, 2.05) is 6.92 Å². The minimum absolute atomic E-state index is 0.225. The smallest absolute Gasteiger partial charge is 0.323 e. The van der Waals surface area contributed by atoms with E-state index in [9.17, 15) is 0 Å². The maximum absolute atomic E-state index is 5.74. The monoisotopic (exact) mass is 265 g/mol. The summed E-state index contributed by atoms with van der Waals surface area (Å²) in [5.41, 5.74) is 5.74. The first-order chi connectivity index (χ1) is 9.24. The molecule has 0 amide bonds. The number of rotatable bonds is 5. The molecule has 2 rings (SSSR count). The molecule has 0 atom stereocenters. The van der Waals surface area contributed by atoms with Crippen molar-refractivity contribution in [2.75, 3.05) is 23.8 Å². The highest BCUT2D eigenvalue weighted by Crippen LogP contribution is 2.26. The van der Waals surface area contributed by atoms with Gasteiger partial charge >= 0.3 is 6.01 Å². The lowest BCUT2D eigenvalue weighted by molar-refractivity contribution is 0.311. The maximum Gasteiger partial charge on any atom is 0.323 e. The van der Waals surface area contributed by atoms with Crippen LogP contribution in [0.1, 0.15) is 46.0 Å². The van der Waals surface area contributed by atoms with Crippen molar-refractivity contribution in [1.82, 2.24) is 15.0 Å². The third-order valence-electron chi connectivity index (χ3n) is 3.51. The van der Waals surface area contributed by atoms with E-state index in [-0.39, 0.29) is 5.95 Å². The number of anilines is 2. The number of aromatic nitrogens is 3. The Kier molecular flexibility index (Phi) is 4.76. The lowest BCUT2D eigenvalue weighted by Gasteiger charge is -2.33. The second-order valence-corrected chi connectivity index (χ2v) is 4.79. The molecule has 1 aliphatic rings. The summed E-state index contributed by atoms with van der Waals surface area (Å²) >= 11 is 0. The standard InChI is InChI=1S/C13H23N5O/c1-3-18(10-8-6-5-7-9-10)12-15-11(14)16-13(17-12)19-4-2/h10H,3-9H2,1-2H3,(H2,14,15,16,17). The molecule has 106 valence electrons. The van der Waals surface area contributed by atoms with Gasteiger partial charge in [0.05, 0.1) is 6.61 Å². The Morgan fingerprint density at radius 2 is 1.89 bits per heavy atom. The molecule has 1 aromatic heterocycles. The number of hydrogen-bond donors (Lipinski definition) is 1. The van der Waals surface area contributed by atoms with Crippen molar-refractivity contribution in [2.45, 2.75) is 52.0 Å².